The van der Waals surface area contributed by atoms with Crippen LogP contribution in [0.5, 0.6) is 0 Å². The Bertz CT molecular complexity index is 520. The van der Waals surface area contributed by atoms with Gasteiger partial charge in [-0.1, -0.05) is 6.08 Å². The maximum atomic E-state index is 11.9. The van der Waals surface area contributed by atoms with E-state index in [0.29, 0.717) is 11.3 Å². The second-order valence-corrected chi connectivity index (χ2v) is 4.81. The van der Waals surface area contributed by atoms with E-state index in [1.165, 1.54) is 13.3 Å². The van der Waals surface area contributed by atoms with Crippen LogP contribution in [0.3, 0.4) is 0 Å². The second kappa shape index (κ2) is 6.75. The van der Waals surface area contributed by atoms with E-state index in [9.17, 15) is 9.59 Å². The summed E-state index contributed by atoms with van der Waals surface area (Å²) in [5.41, 5.74) is 7.93. The van der Waals surface area contributed by atoms with Gasteiger partial charge in [-0.2, -0.15) is 0 Å². The summed E-state index contributed by atoms with van der Waals surface area (Å²) in [4.78, 5) is 22.8. The van der Waals surface area contributed by atoms with E-state index in [-0.39, 0.29) is 11.8 Å². The van der Waals surface area contributed by atoms with Gasteiger partial charge in [-0.05, 0) is 49.9 Å². The minimum Gasteiger partial charge on any atom is -0.326 e. The summed E-state index contributed by atoms with van der Waals surface area (Å²) in [5, 5.41) is 2.66. The van der Waals surface area contributed by atoms with Crippen molar-refractivity contribution in [2.75, 3.05) is 5.32 Å². The molecule has 5 heteroatoms. The molecule has 1 aliphatic carbocycles. The van der Waals surface area contributed by atoms with Crippen molar-refractivity contribution in [3.63, 3.8) is 0 Å². The maximum Gasteiger partial charge on any atom is 0.269 e. The van der Waals surface area contributed by atoms with Crippen LogP contribution in [-0.2, 0) is 4.79 Å². The lowest BCUT2D eigenvalue weighted by molar-refractivity contribution is -0.114. The van der Waals surface area contributed by atoms with Gasteiger partial charge in [0, 0.05) is 23.9 Å². The molecule has 3 N–H and O–H groups in total. The lowest BCUT2D eigenvalue weighted by Crippen LogP contribution is -2.37. The van der Waals surface area contributed by atoms with Crippen LogP contribution in [0.25, 0.3) is 0 Å². The molecule has 1 aliphatic rings. The number of benzene rings is 1. The van der Waals surface area contributed by atoms with E-state index >= 15 is 0 Å². The maximum absolute atomic E-state index is 11.9. The zero-order valence-corrected chi connectivity index (χ0v) is 11.5. The molecule has 0 heterocycles. The summed E-state index contributed by atoms with van der Waals surface area (Å²) in [6, 6.07) is 6.77. The highest BCUT2D eigenvalue weighted by molar-refractivity contribution is 5.95. The molecule has 0 fully saturated rings. The molecule has 2 amide bonds. The van der Waals surface area contributed by atoms with Crippen molar-refractivity contribution in [3.8, 4) is 0 Å². The highest BCUT2D eigenvalue weighted by atomic mass is 16.2. The zero-order chi connectivity index (χ0) is 14.4. The molecular weight excluding hydrogens is 254 g/mol. The first-order valence-electron chi connectivity index (χ1n) is 6.78. The Hall–Kier alpha value is -2.30. The van der Waals surface area contributed by atoms with Gasteiger partial charge in [0.2, 0.25) is 5.91 Å². The van der Waals surface area contributed by atoms with Crippen LogP contribution < -0.4 is 16.2 Å². The quantitative estimate of drug-likeness (QED) is 0.737. The van der Waals surface area contributed by atoms with Crippen LogP contribution in [0, 0.1) is 0 Å². The highest BCUT2D eigenvalue weighted by Gasteiger charge is 2.07. The highest BCUT2D eigenvalue weighted by Crippen LogP contribution is 2.14. The van der Waals surface area contributed by atoms with E-state index in [4.69, 9.17) is 0 Å². The van der Waals surface area contributed by atoms with Gasteiger partial charge in [-0.15, -0.1) is 0 Å². The summed E-state index contributed by atoms with van der Waals surface area (Å²) in [6.45, 7) is 1.45. The molecule has 20 heavy (non-hydrogen) atoms. The minimum atomic E-state index is -0.189. The molecule has 106 valence electrons. The first-order chi connectivity index (χ1) is 9.65. The number of hydrazine groups is 1. The summed E-state index contributed by atoms with van der Waals surface area (Å²) < 4.78 is 0. The molecule has 0 spiro atoms. The van der Waals surface area contributed by atoms with E-state index < -0.39 is 0 Å². The lowest BCUT2D eigenvalue weighted by atomic mass is 10.1. The fraction of sp³-hybridized carbons (Fsp3) is 0.333. The summed E-state index contributed by atoms with van der Waals surface area (Å²) in [7, 11) is 0. The number of hydrogen-bond acceptors (Lipinski definition) is 3. The molecule has 0 saturated carbocycles. The van der Waals surface area contributed by atoms with Crippen molar-refractivity contribution in [2.24, 2.45) is 0 Å². The largest absolute Gasteiger partial charge is 0.326 e. The summed E-state index contributed by atoms with van der Waals surface area (Å²) >= 11 is 0. The topological polar surface area (TPSA) is 70.2 Å². The predicted molar refractivity (Wildman–Crippen MR) is 77.9 cm³/mol. The molecule has 0 aromatic heterocycles. The predicted octanol–water partition coefficient (Wildman–Crippen LogP) is 2.34. The van der Waals surface area contributed by atoms with E-state index in [0.717, 1.165) is 25.0 Å². The number of nitrogens with one attached hydrogen (secondary N) is 3. The van der Waals surface area contributed by atoms with Crippen molar-refractivity contribution >= 4 is 17.5 Å². The number of rotatable bonds is 4. The summed E-state index contributed by atoms with van der Waals surface area (Å²) in [6.07, 6.45) is 6.51. The minimum absolute atomic E-state index is 0.131. The lowest BCUT2D eigenvalue weighted by Gasteiger charge is -2.15. The average molecular weight is 273 g/mol. The monoisotopic (exact) mass is 273 g/mol. The van der Waals surface area contributed by atoms with Crippen molar-refractivity contribution in [2.45, 2.75) is 32.6 Å². The number of amides is 2. The van der Waals surface area contributed by atoms with Crippen LogP contribution in [0.2, 0.25) is 0 Å². The molecule has 1 aromatic rings. The fourth-order valence-electron chi connectivity index (χ4n) is 2.07. The Labute approximate surface area is 118 Å². The van der Waals surface area contributed by atoms with Gasteiger partial charge < -0.3 is 10.7 Å². The van der Waals surface area contributed by atoms with Crippen molar-refractivity contribution in [1.29, 1.82) is 0 Å². The Morgan fingerprint density at radius 1 is 1.10 bits per heavy atom. The first-order valence-corrected chi connectivity index (χ1v) is 6.78. The van der Waals surface area contributed by atoms with Gasteiger partial charge in [-0.3, -0.25) is 15.0 Å². The van der Waals surface area contributed by atoms with Crippen molar-refractivity contribution in [1.82, 2.24) is 10.9 Å². The number of allylic oxidation sites excluding steroid dienone is 2. The standard InChI is InChI=1S/C15H19N3O2/c1-11(19)16-13-9-7-12(8-10-13)15(20)18-17-14-5-3-2-4-6-14/h5,7-10,17H,2-4,6H2,1H3,(H,16,19)(H,18,20). The van der Waals surface area contributed by atoms with Crippen LogP contribution >= 0.6 is 0 Å². The molecule has 0 aliphatic heterocycles. The second-order valence-electron chi connectivity index (χ2n) is 4.81. The smallest absolute Gasteiger partial charge is 0.269 e. The van der Waals surface area contributed by atoms with Gasteiger partial charge in [-0.25, -0.2) is 0 Å². The van der Waals surface area contributed by atoms with Gasteiger partial charge in [0.05, 0.1) is 0 Å². The van der Waals surface area contributed by atoms with Crippen LogP contribution in [-0.4, -0.2) is 11.8 Å². The van der Waals surface area contributed by atoms with Gasteiger partial charge in [0.15, 0.2) is 0 Å². The number of carbonyl (C=O) groups excluding carboxylic acids is 2. The molecule has 0 bridgehead atoms. The SMILES string of the molecule is CC(=O)Nc1ccc(C(=O)NNC2=CCCCC2)cc1. The van der Waals surface area contributed by atoms with E-state index in [2.05, 4.69) is 22.2 Å². The Kier molecular flexibility index (Phi) is 4.76. The van der Waals surface area contributed by atoms with Crippen LogP contribution in [0.4, 0.5) is 5.69 Å². The van der Waals surface area contributed by atoms with Gasteiger partial charge in [0.1, 0.15) is 0 Å². The third-order valence-electron chi connectivity index (χ3n) is 3.10. The first kappa shape index (κ1) is 14.1. The van der Waals surface area contributed by atoms with E-state index in [1.807, 2.05) is 0 Å². The number of anilines is 1. The van der Waals surface area contributed by atoms with Crippen molar-refractivity contribution in [3.05, 3.63) is 41.6 Å². The number of carbonyl (C=O) groups is 2. The molecule has 0 saturated heterocycles. The molecule has 1 aromatic carbocycles. The fourth-order valence-corrected chi connectivity index (χ4v) is 2.07. The average Bonchev–Trinajstić information content (AvgIpc) is 2.46. The Morgan fingerprint density at radius 3 is 2.45 bits per heavy atom. The molecular formula is C15H19N3O2. The van der Waals surface area contributed by atoms with Crippen molar-refractivity contribution < 1.29 is 9.59 Å². The Balaban J connectivity index is 1.88. The molecule has 0 atom stereocenters. The van der Waals surface area contributed by atoms with E-state index in [1.54, 1.807) is 24.3 Å². The molecule has 0 unspecified atom stereocenters. The third-order valence-corrected chi connectivity index (χ3v) is 3.10. The zero-order valence-electron chi connectivity index (χ0n) is 11.5. The van der Waals surface area contributed by atoms with Gasteiger partial charge >= 0.3 is 0 Å². The van der Waals surface area contributed by atoms with Gasteiger partial charge in [0.25, 0.3) is 5.91 Å². The number of hydrogen-bond donors (Lipinski definition) is 3. The van der Waals surface area contributed by atoms with Crippen LogP contribution in [0.15, 0.2) is 36.0 Å². The molecule has 0 radical (unpaired) electrons. The normalized spacial score (nSPS) is 14.2. The summed E-state index contributed by atoms with van der Waals surface area (Å²) in [5.74, 6) is -0.320. The molecule has 5 nitrogen and oxygen atoms in total. The third kappa shape index (κ3) is 4.12. The Morgan fingerprint density at radius 2 is 1.85 bits per heavy atom. The van der Waals surface area contributed by atoms with Crippen LogP contribution in [0.1, 0.15) is 43.0 Å². The molecule has 2 rings (SSSR count).